The minimum atomic E-state index is 0.544. The quantitative estimate of drug-likeness (QED) is 0.727. The average molecular weight is 357 g/mol. The van der Waals surface area contributed by atoms with Crippen LogP contribution in [-0.4, -0.2) is 46.1 Å². The molecule has 0 atom stereocenters. The molecule has 130 valence electrons. The fraction of sp³-hybridized carbons (Fsp3) is 0.353. The second-order valence-corrected chi connectivity index (χ2v) is 6.44. The first-order chi connectivity index (χ1) is 12.1. The molecule has 0 saturated carbocycles. The van der Waals surface area contributed by atoms with Crippen molar-refractivity contribution in [2.24, 2.45) is 7.05 Å². The first-order valence-corrected chi connectivity index (χ1v) is 8.56. The molecule has 1 N–H and O–H groups in total. The van der Waals surface area contributed by atoms with Gasteiger partial charge in [-0.2, -0.15) is 5.10 Å². The molecule has 4 rings (SSSR count). The number of ether oxygens (including phenoxy) is 1. The summed E-state index contributed by atoms with van der Waals surface area (Å²) in [6.07, 6.45) is 0. The van der Waals surface area contributed by atoms with E-state index in [1.165, 1.54) is 5.56 Å². The van der Waals surface area contributed by atoms with Gasteiger partial charge in [0.15, 0.2) is 16.3 Å². The number of rotatable bonds is 3. The molecule has 1 fully saturated rings. The molecule has 0 unspecified atom stereocenters. The Hall–Kier alpha value is -2.45. The van der Waals surface area contributed by atoms with Crippen molar-refractivity contribution in [3.8, 4) is 23.0 Å². The van der Waals surface area contributed by atoms with Crippen molar-refractivity contribution in [2.45, 2.75) is 6.92 Å². The van der Waals surface area contributed by atoms with Gasteiger partial charge in [-0.05, 0) is 31.3 Å². The molecule has 1 aromatic carbocycles. The maximum atomic E-state index is 6.16. The van der Waals surface area contributed by atoms with Gasteiger partial charge in [-0.1, -0.05) is 17.7 Å². The van der Waals surface area contributed by atoms with Crippen LogP contribution in [0.15, 0.2) is 28.7 Å². The largest absolute Gasteiger partial charge is 0.420 e. The molecule has 0 bridgehead atoms. The zero-order valence-electron chi connectivity index (χ0n) is 14.2. The minimum absolute atomic E-state index is 0.544. The Labute approximate surface area is 150 Å². The number of nitrogens with zero attached hydrogens (tertiary/aromatic N) is 4. The van der Waals surface area contributed by atoms with Crippen LogP contribution in [-0.2, 0) is 11.8 Å². The van der Waals surface area contributed by atoms with Gasteiger partial charge in [0.1, 0.15) is 0 Å². The molecular weight excluding hydrogens is 338 g/mol. The lowest BCUT2D eigenvalue weighted by molar-refractivity contribution is 0.121. The van der Waals surface area contributed by atoms with Crippen LogP contribution in [0.5, 0.6) is 0 Å². The van der Waals surface area contributed by atoms with E-state index in [1.807, 2.05) is 31.3 Å². The summed E-state index contributed by atoms with van der Waals surface area (Å²) in [6, 6.07) is 8.11. The van der Waals surface area contributed by atoms with E-state index in [9.17, 15) is 0 Å². The second kappa shape index (κ2) is 6.45. The highest BCUT2D eigenvalue weighted by atomic mass is 32.1. The van der Waals surface area contributed by atoms with Crippen LogP contribution in [0.4, 0.5) is 5.88 Å². The molecule has 3 heterocycles. The molecule has 2 aromatic heterocycles. The number of morpholine rings is 1. The molecule has 1 saturated heterocycles. The number of aryl methyl sites for hydroxylation is 1. The monoisotopic (exact) mass is 357 g/mol. The fourth-order valence-electron chi connectivity index (χ4n) is 2.82. The standard InChI is InChI=1S/C17H19N5O2S/c1-11-3-5-12(6-4-11)15-18-13(14-19-20-17(25)21(14)2)16(24-15)22-7-9-23-10-8-22/h3-6H,7-10H2,1-2H3,(H,20,25). The number of benzene rings is 1. The summed E-state index contributed by atoms with van der Waals surface area (Å²) < 4.78 is 14.0. The summed E-state index contributed by atoms with van der Waals surface area (Å²) in [5.74, 6) is 1.94. The van der Waals surface area contributed by atoms with Gasteiger partial charge in [0.2, 0.25) is 11.8 Å². The van der Waals surface area contributed by atoms with Crippen molar-refractivity contribution in [1.82, 2.24) is 19.7 Å². The van der Waals surface area contributed by atoms with E-state index in [4.69, 9.17) is 26.4 Å². The Bertz CT molecular complexity index is 935. The summed E-state index contributed by atoms with van der Waals surface area (Å²) in [5, 5.41) is 7.14. The summed E-state index contributed by atoms with van der Waals surface area (Å²) in [5.41, 5.74) is 2.81. The summed E-state index contributed by atoms with van der Waals surface area (Å²) in [6.45, 7) is 4.89. The van der Waals surface area contributed by atoms with Crippen LogP contribution in [0.3, 0.4) is 0 Å². The Kier molecular flexibility index (Phi) is 4.14. The molecule has 0 radical (unpaired) electrons. The maximum Gasteiger partial charge on any atom is 0.229 e. The van der Waals surface area contributed by atoms with Gasteiger partial charge in [0, 0.05) is 25.7 Å². The Morgan fingerprint density at radius 2 is 1.88 bits per heavy atom. The van der Waals surface area contributed by atoms with Crippen LogP contribution in [0.25, 0.3) is 23.0 Å². The van der Waals surface area contributed by atoms with Crippen molar-refractivity contribution in [3.63, 3.8) is 0 Å². The zero-order valence-corrected chi connectivity index (χ0v) is 15.0. The van der Waals surface area contributed by atoms with Gasteiger partial charge < -0.3 is 18.6 Å². The van der Waals surface area contributed by atoms with Gasteiger partial charge in [-0.3, -0.25) is 5.10 Å². The molecule has 1 aliphatic heterocycles. The highest BCUT2D eigenvalue weighted by molar-refractivity contribution is 7.71. The van der Waals surface area contributed by atoms with Gasteiger partial charge in [0.05, 0.1) is 13.2 Å². The summed E-state index contributed by atoms with van der Waals surface area (Å²) >= 11 is 5.24. The molecule has 0 spiro atoms. The van der Waals surface area contributed by atoms with Crippen LogP contribution >= 0.6 is 12.2 Å². The minimum Gasteiger partial charge on any atom is -0.420 e. The summed E-state index contributed by atoms with van der Waals surface area (Å²) in [7, 11) is 1.87. The molecular formula is C17H19N5O2S. The van der Waals surface area contributed by atoms with Gasteiger partial charge in [0.25, 0.3) is 0 Å². The van der Waals surface area contributed by atoms with E-state index in [-0.39, 0.29) is 0 Å². The van der Waals surface area contributed by atoms with E-state index in [0.29, 0.717) is 41.3 Å². The topological polar surface area (TPSA) is 72.1 Å². The SMILES string of the molecule is Cc1ccc(-c2nc(-c3n[nH]c(=S)n3C)c(N3CCOCC3)o2)cc1. The lowest BCUT2D eigenvalue weighted by Gasteiger charge is -2.26. The van der Waals surface area contributed by atoms with Crippen molar-refractivity contribution in [3.05, 3.63) is 34.6 Å². The predicted octanol–water partition coefficient (Wildman–Crippen LogP) is 2.94. The number of oxazole rings is 1. The molecule has 0 aliphatic carbocycles. The second-order valence-electron chi connectivity index (χ2n) is 6.05. The van der Waals surface area contributed by atoms with Crippen LogP contribution in [0.1, 0.15) is 5.56 Å². The molecule has 0 amide bonds. The van der Waals surface area contributed by atoms with Gasteiger partial charge >= 0.3 is 0 Å². The number of anilines is 1. The smallest absolute Gasteiger partial charge is 0.229 e. The lowest BCUT2D eigenvalue weighted by atomic mass is 10.1. The molecule has 25 heavy (non-hydrogen) atoms. The van der Waals surface area contributed by atoms with Crippen molar-refractivity contribution < 1.29 is 9.15 Å². The first kappa shape index (κ1) is 16.0. The van der Waals surface area contributed by atoms with Crippen LogP contribution in [0, 0.1) is 11.7 Å². The third kappa shape index (κ3) is 2.98. The van der Waals surface area contributed by atoms with E-state index < -0.39 is 0 Å². The van der Waals surface area contributed by atoms with Crippen molar-refractivity contribution in [2.75, 3.05) is 31.2 Å². The Morgan fingerprint density at radius 1 is 1.16 bits per heavy atom. The summed E-state index contributed by atoms with van der Waals surface area (Å²) in [4.78, 5) is 6.87. The van der Waals surface area contributed by atoms with E-state index in [2.05, 4.69) is 22.0 Å². The lowest BCUT2D eigenvalue weighted by Crippen LogP contribution is -2.36. The van der Waals surface area contributed by atoms with Gasteiger partial charge in [-0.25, -0.2) is 4.98 Å². The van der Waals surface area contributed by atoms with Crippen molar-refractivity contribution in [1.29, 1.82) is 0 Å². The average Bonchev–Trinajstić information content (AvgIpc) is 3.21. The number of H-pyrrole nitrogens is 1. The van der Waals surface area contributed by atoms with E-state index >= 15 is 0 Å². The number of hydrogen-bond acceptors (Lipinski definition) is 6. The third-order valence-corrected chi connectivity index (χ3v) is 4.66. The highest BCUT2D eigenvalue weighted by Crippen LogP contribution is 2.34. The fourth-order valence-corrected chi connectivity index (χ4v) is 2.95. The highest BCUT2D eigenvalue weighted by Gasteiger charge is 2.26. The number of aromatic nitrogens is 4. The van der Waals surface area contributed by atoms with Crippen LogP contribution in [0.2, 0.25) is 0 Å². The molecule has 3 aromatic rings. The first-order valence-electron chi connectivity index (χ1n) is 8.16. The Morgan fingerprint density at radius 3 is 2.52 bits per heavy atom. The number of aromatic amines is 1. The van der Waals surface area contributed by atoms with Crippen LogP contribution < -0.4 is 4.90 Å². The van der Waals surface area contributed by atoms with E-state index in [0.717, 1.165) is 18.7 Å². The molecule has 1 aliphatic rings. The Balaban J connectivity index is 1.84. The predicted molar refractivity (Wildman–Crippen MR) is 97.1 cm³/mol. The van der Waals surface area contributed by atoms with E-state index in [1.54, 1.807) is 4.57 Å². The van der Waals surface area contributed by atoms with Crippen molar-refractivity contribution >= 4 is 18.1 Å². The number of hydrogen-bond donors (Lipinski definition) is 1. The zero-order chi connectivity index (χ0) is 17.4. The molecule has 8 heteroatoms. The number of nitrogens with one attached hydrogen (secondary N) is 1. The third-order valence-electron chi connectivity index (χ3n) is 4.30. The normalized spacial score (nSPS) is 14.9. The maximum absolute atomic E-state index is 6.16. The van der Waals surface area contributed by atoms with Gasteiger partial charge in [-0.15, -0.1) is 0 Å². The molecule has 7 nitrogen and oxygen atoms in total.